The van der Waals surface area contributed by atoms with Gasteiger partial charge in [0.15, 0.2) is 7.28 Å². The standard InChI is InChI=1S/C67H70BN2S2/c1-38-32-47-51(67(12,13)31-28-63(47,4)5)37-54(38)70-53-25-23-42-40-18-14-16-20-55(40)71-60(42)58(53)68-57-44(34-45-41-19-15-17-21-56(41)72-61(45)59(57)70)43-35-49-50(66(10,11)30-29-65(49,8)9)36-52(43)69-39-22-24-46-48(33-39)64(6,7)27-26-62(46,2)3/h14-25,32-37,69H,26-31H2,1-13H3. The van der Waals surface area contributed by atoms with Gasteiger partial charge < -0.3 is 10.2 Å². The Hall–Kier alpha value is -5.36. The summed E-state index contributed by atoms with van der Waals surface area (Å²) in [5, 5.41) is 9.56. The maximum absolute atomic E-state index is 4.23. The lowest BCUT2D eigenvalue weighted by molar-refractivity contribution is 0.332. The number of thiophene rings is 2. The van der Waals surface area contributed by atoms with E-state index in [1.807, 2.05) is 22.7 Å². The van der Waals surface area contributed by atoms with Gasteiger partial charge in [0.1, 0.15) is 0 Å². The van der Waals surface area contributed by atoms with Gasteiger partial charge in [-0.2, -0.15) is 0 Å². The summed E-state index contributed by atoms with van der Waals surface area (Å²) < 4.78 is 5.37. The largest absolute Gasteiger partial charge is 0.355 e. The first-order chi connectivity index (χ1) is 34.0. The Bertz CT molecular complexity index is 3790. The van der Waals surface area contributed by atoms with Crippen molar-refractivity contribution in [2.24, 2.45) is 0 Å². The van der Waals surface area contributed by atoms with Gasteiger partial charge in [-0.25, -0.2) is 0 Å². The van der Waals surface area contributed by atoms with Crippen molar-refractivity contribution in [2.45, 2.75) is 161 Å². The second-order valence-corrected chi connectivity index (χ2v) is 28.5. The van der Waals surface area contributed by atoms with E-state index in [9.17, 15) is 0 Å². The van der Waals surface area contributed by atoms with E-state index < -0.39 is 0 Å². The summed E-state index contributed by atoms with van der Waals surface area (Å²) in [5.74, 6) is 0. The molecule has 1 N–H and O–H groups in total. The van der Waals surface area contributed by atoms with Crippen LogP contribution in [0.2, 0.25) is 0 Å². The highest BCUT2D eigenvalue weighted by atomic mass is 32.1. The van der Waals surface area contributed by atoms with Gasteiger partial charge in [0.2, 0.25) is 0 Å². The van der Waals surface area contributed by atoms with Crippen LogP contribution >= 0.6 is 22.7 Å². The average molecular weight is 978 g/mol. The Morgan fingerprint density at radius 2 is 0.944 bits per heavy atom. The zero-order valence-electron chi connectivity index (χ0n) is 45.0. The minimum atomic E-state index is 0.0191. The molecule has 0 unspecified atom stereocenters. The third kappa shape index (κ3) is 6.84. The molecule has 363 valence electrons. The minimum Gasteiger partial charge on any atom is -0.355 e. The molecule has 0 saturated carbocycles. The molecule has 0 saturated heterocycles. The number of aryl methyl sites for hydroxylation is 1. The van der Waals surface area contributed by atoms with Crippen molar-refractivity contribution in [2.75, 3.05) is 10.2 Å². The summed E-state index contributed by atoms with van der Waals surface area (Å²) in [6.07, 6.45) is 7.07. The predicted octanol–water partition coefficient (Wildman–Crippen LogP) is 18.6. The molecule has 0 fully saturated rings. The van der Waals surface area contributed by atoms with Crippen molar-refractivity contribution in [1.29, 1.82) is 0 Å². The molecule has 1 radical (unpaired) electrons. The van der Waals surface area contributed by atoms with E-state index in [2.05, 4.69) is 217 Å². The normalized spacial score (nSPS) is 19.6. The lowest BCUT2D eigenvalue weighted by atomic mass is 9.57. The van der Waals surface area contributed by atoms with Crippen LogP contribution in [-0.4, -0.2) is 7.28 Å². The van der Waals surface area contributed by atoms with Crippen LogP contribution < -0.4 is 21.1 Å². The van der Waals surface area contributed by atoms with Gasteiger partial charge in [-0.1, -0.05) is 138 Å². The van der Waals surface area contributed by atoms with Crippen molar-refractivity contribution < 1.29 is 0 Å². The molecule has 7 aromatic carbocycles. The number of hydrogen-bond acceptors (Lipinski definition) is 4. The van der Waals surface area contributed by atoms with E-state index in [1.165, 1.54) is 155 Å². The summed E-state index contributed by atoms with van der Waals surface area (Å²) in [5.41, 5.74) is 22.1. The van der Waals surface area contributed by atoms with E-state index in [0.717, 1.165) is 12.8 Å². The predicted molar refractivity (Wildman–Crippen MR) is 318 cm³/mol. The minimum absolute atomic E-state index is 0.0191. The first-order valence-corrected chi connectivity index (χ1v) is 28.5. The van der Waals surface area contributed by atoms with E-state index in [-0.39, 0.29) is 32.5 Å². The molecule has 72 heavy (non-hydrogen) atoms. The highest BCUT2D eigenvalue weighted by Gasteiger charge is 2.42. The maximum Gasteiger partial charge on any atom is 0.199 e. The molecule has 0 bridgehead atoms. The first-order valence-electron chi connectivity index (χ1n) is 26.9. The maximum atomic E-state index is 4.23. The van der Waals surface area contributed by atoms with Crippen molar-refractivity contribution in [3.8, 4) is 11.1 Å². The molecule has 1 aliphatic heterocycles. The third-order valence-corrected chi connectivity index (χ3v) is 21.2. The van der Waals surface area contributed by atoms with Crippen LogP contribution in [0.25, 0.3) is 51.5 Å². The fourth-order valence-corrected chi connectivity index (χ4v) is 16.3. The van der Waals surface area contributed by atoms with E-state index >= 15 is 0 Å². The zero-order chi connectivity index (χ0) is 50.2. The van der Waals surface area contributed by atoms with Crippen LogP contribution in [0.3, 0.4) is 0 Å². The molecule has 5 heteroatoms. The van der Waals surface area contributed by atoms with Gasteiger partial charge in [-0.05, 0) is 193 Å². The van der Waals surface area contributed by atoms with Gasteiger partial charge >= 0.3 is 0 Å². The van der Waals surface area contributed by atoms with Gasteiger partial charge in [-0.15, -0.1) is 22.7 Å². The molecule has 3 aliphatic carbocycles. The number of nitrogens with zero attached hydrogens (tertiary/aromatic N) is 1. The fraction of sp³-hybridized carbons (Fsp3) is 0.373. The molecule has 2 aromatic heterocycles. The van der Waals surface area contributed by atoms with Gasteiger partial charge in [0, 0.05) is 58.6 Å². The van der Waals surface area contributed by atoms with Crippen LogP contribution in [0.1, 0.15) is 161 Å². The molecule has 13 rings (SSSR count). The number of rotatable bonds is 4. The second-order valence-electron chi connectivity index (χ2n) is 26.4. The summed E-state index contributed by atoms with van der Waals surface area (Å²) in [4.78, 5) is 2.73. The van der Waals surface area contributed by atoms with Crippen molar-refractivity contribution in [1.82, 2.24) is 0 Å². The van der Waals surface area contributed by atoms with Crippen LogP contribution in [0.4, 0.5) is 28.4 Å². The lowest BCUT2D eigenvalue weighted by Crippen LogP contribution is -2.42. The Morgan fingerprint density at radius 1 is 0.431 bits per heavy atom. The SMILES string of the molecule is Cc1cc2c(cc1N1c3ccc4c(sc5ccccc54)c3[B]c3c(-c4cc5c(cc4Nc4ccc6c(c4)C(C)(C)CCC6(C)C)C(C)(C)CCC5(C)C)cc4c(sc5ccccc54)c31)C(C)(C)CCC2(C)C. The molecule has 2 nitrogen and oxygen atoms in total. The summed E-state index contributed by atoms with van der Waals surface area (Å²) >= 11 is 3.91. The Balaban J connectivity index is 1.15. The fourth-order valence-electron chi connectivity index (χ4n) is 13.8. The summed E-state index contributed by atoms with van der Waals surface area (Å²) in [6, 6.07) is 43.4. The van der Waals surface area contributed by atoms with Crippen LogP contribution in [-0.2, 0) is 32.5 Å². The van der Waals surface area contributed by atoms with Gasteiger partial charge in [0.05, 0.1) is 10.4 Å². The Kier molecular flexibility index (Phi) is 9.91. The average Bonchev–Trinajstić information content (AvgIpc) is 3.91. The molecule has 4 aliphatic rings. The Morgan fingerprint density at radius 3 is 1.57 bits per heavy atom. The first kappa shape index (κ1) is 46.4. The second kappa shape index (κ2) is 15.4. The lowest BCUT2D eigenvalue weighted by Gasteiger charge is -2.44. The topological polar surface area (TPSA) is 15.3 Å². The number of benzene rings is 7. The molecule has 3 heterocycles. The zero-order valence-corrected chi connectivity index (χ0v) is 46.6. The Labute approximate surface area is 437 Å². The molecule has 0 spiro atoms. The highest BCUT2D eigenvalue weighted by molar-refractivity contribution is 7.27. The van der Waals surface area contributed by atoms with Crippen LogP contribution in [0.15, 0.2) is 109 Å². The molecular weight excluding hydrogens is 908 g/mol. The van der Waals surface area contributed by atoms with Crippen molar-refractivity contribution >= 4 is 110 Å². The van der Waals surface area contributed by atoms with Gasteiger partial charge in [-0.3, -0.25) is 0 Å². The van der Waals surface area contributed by atoms with E-state index in [1.54, 1.807) is 0 Å². The summed E-state index contributed by atoms with van der Waals surface area (Å²) in [6.45, 7) is 32.0. The van der Waals surface area contributed by atoms with E-state index in [0.29, 0.717) is 0 Å². The van der Waals surface area contributed by atoms with Crippen molar-refractivity contribution in [3.63, 3.8) is 0 Å². The highest BCUT2D eigenvalue weighted by Crippen LogP contribution is 2.55. The van der Waals surface area contributed by atoms with E-state index in [4.69, 9.17) is 0 Å². The molecule has 9 aromatic rings. The third-order valence-electron chi connectivity index (χ3n) is 18.8. The van der Waals surface area contributed by atoms with Crippen LogP contribution in [0, 0.1) is 6.92 Å². The number of nitrogens with one attached hydrogen (secondary N) is 1. The smallest absolute Gasteiger partial charge is 0.199 e. The molecule has 0 amide bonds. The summed E-state index contributed by atoms with van der Waals surface area (Å²) in [7, 11) is 2.61. The quantitative estimate of drug-likeness (QED) is 0.177. The number of fused-ring (bicyclic) bond motifs is 13. The molecule has 0 atom stereocenters. The van der Waals surface area contributed by atoms with Gasteiger partial charge in [0.25, 0.3) is 0 Å². The molecular formula is C67H70BN2S2. The van der Waals surface area contributed by atoms with Crippen molar-refractivity contribution in [3.05, 3.63) is 148 Å². The number of hydrogen-bond donors (Lipinski definition) is 1. The van der Waals surface area contributed by atoms with Crippen LogP contribution in [0.5, 0.6) is 0 Å². The monoisotopic (exact) mass is 978 g/mol. The number of anilines is 5.